The van der Waals surface area contributed by atoms with E-state index in [9.17, 15) is 18.3 Å². The first kappa shape index (κ1) is 15.3. The van der Waals surface area contributed by atoms with E-state index < -0.39 is 16.0 Å². The van der Waals surface area contributed by atoms with Crippen LogP contribution in [-0.2, 0) is 10.0 Å². The summed E-state index contributed by atoms with van der Waals surface area (Å²) in [5, 5.41) is 10.2. The van der Waals surface area contributed by atoms with Gasteiger partial charge in [-0.3, -0.25) is 0 Å². The zero-order valence-electron chi connectivity index (χ0n) is 11.8. The van der Waals surface area contributed by atoms with E-state index >= 15 is 0 Å². The number of carboxylic acid groups (broad SMARTS) is 1. The Morgan fingerprint density at radius 3 is 2.24 bits per heavy atom. The lowest BCUT2D eigenvalue weighted by molar-refractivity contribution is 0.0693. The molecular weight excluding hydrogens is 294 g/mol. The van der Waals surface area contributed by atoms with Gasteiger partial charge in [0.1, 0.15) is 11.3 Å². The van der Waals surface area contributed by atoms with Crippen LogP contribution in [0.1, 0.15) is 10.4 Å². The van der Waals surface area contributed by atoms with Crippen LogP contribution in [0.25, 0.3) is 10.8 Å². The lowest BCUT2D eigenvalue weighted by Gasteiger charge is -2.16. The molecule has 7 heteroatoms. The number of carboxylic acids is 1. The minimum atomic E-state index is -3.77. The smallest absolute Gasteiger partial charge is 0.339 e. The summed E-state index contributed by atoms with van der Waals surface area (Å²) < 4.78 is 31.0. The Morgan fingerprint density at radius 1 is 1.19 bits per heavy atom. The average Bonchev–Trinajstić information content (AvgIpc) is 2.44. The van der Waals surface area contributed by atoms with Crippen molar-refractivity contribution in [1.82, 2.24) is 4.31 Å². The van der Waals surface area contributed by atoms with Gasteiger partial charge >= 0.3 is 5.97 Å². The highest BCUT2D eigenvalue weighted by Crippen LogP contribution is 2.35. The molecule has 0 spiro atoms. The highest BCUT2D eigenvalue weighted by atomic mass is 32.2. The molecule has 0 saturated heterocycles. The van der Waals surface area contributed by atoms with Crippen molar-refractivity contribution in [1.29, 1.82) is 0 Å². The molecule has 0 heterocycles. The van der Waals surface area contributed by atoms with Crippen LogP contribution < -0.4 is 4.74 Å². The number of aromatic carboxylic acids is 1. The van der Waals surface area contributed by atoms with Gasteiger partial charge in [0.2, 0.25) is 10.0 Å². The number of hydrogen-bond donors (Lipinski definition) is 1. The predicted molar refractivity (Wildman–Crippen MR) is 78.3 cm³/mol. The minimum absolute atomic E-state index is 0.0544. The summed E-state index contributed by atoms with van der Waals surface area (Å²) in [5.74, 6) is -1.09. The standard InChI is InChI=1S/C14H15NO5S/c1-15(2)21(18,19)12-8-11(14(16)17)13(20-3)10-7-5-4-6-9(10)12/h4-8H,1-3H3,(H,16,17). The quantitative estimate of drug-likeness (QED) is 0.931. The lowest BCUT2D eigenvalue weighted by atomic mass is 10.1. The molecule has 0 aliphatic rings. The second-order valence-corrected chi connectivity index (χ2v) is 6.71. The third-order valence-corrected chi connectivity index (χ3v) is 5.01. The first-order valence-electron chi connectivity index (χ1n) is 6.06. The van der Waals surface area contributed by atoms with Crippen molar-refractivity contribution in [3.63, 3.8) is 0 Å². The maximum atomic E-state index is 12.4. The molecule has 112 valence electrons. The SMILES string of the molecule is COc1c(C(=O)O)cc(S(=O)(=O)N(C)C)c2ccccc12. The van der Waals surface area contributed by atoms with E-state index in [1.165, 1.54) is 21.2 Å². The molecule has 0 fully saturated rings. The number of ether oxygens (including phenoxy) is 1. The zero-order valence-corrected chi connectivity index (χ0v) is 12.6. The van der Waals surface area contributed by atoms with Crippen molar-refractivity contribution < 1.29 is 23.1 Å². The van der Waals surface area contributed by atoms with E-state index in [0.29, 0.717) is 10.8 Å². The van der Waals surface area contributed by atoms with Crippen LogP contribution in [-0.4, -0.2) is 45.0 Å². The highest BCUT2D eigenvalue weighted by Gasteiger charge is 2.25. The van der Waals surface area contributed by atoms with E-state index in [4.69, 9.17) is 4.74 Å². The van der Waals surface area contributed by atoms with Crippen molar-refractivity contribution in [2.75, 3.05) is 21.2 Å². The van der Waals surface area contributed by atoms with Crippen LogP contribution in [0, 0.1) is 0 Å². The van der Waals surface area contributed by atoms with E-state index in [-0.39, 0.29) is 16.2 Å². The first-order chi connectivity index (χ1) is 9.80. The van der Waals surface area contributed by atoms with Gasteiger partial charge < -0.3 is 9.84 Å². The normalized spacial score (nSPS) is 11.8. The van der Waals surface area contributed by atoms with Gasteiger partial charge in [-0.05, 0) is 6.07 Å². The fraction of sp³-hybridized carbons (Fsp3) is 0.214. The number of fused-ring (bicyclic) bond motifs is 1. The Kier molecular flexibility index (Phi) is 3.89. The lowest BCUT2D eigenvalue weighted by Crippen LogP contribution is -2.23. The molecule has 2 aromatic rings. The van der Waals surface area contributed by atoms with Crippen LogP contribution >= 0.6 is 0 Å². The average molecular weight is 309 g/mol. The third-order valence-electron chi connectivity index (χ3n) is 3.15. The second kappa shape index (κ2) is 5.34. The highest BCUT2D eigenvalue weighted by molar-refractivity contribution is 7.89. The van der Waals surface area contributed by atoms with Gasteiger partial charge in [-0.2, -0.15) is 0 Å². The Labute approximate surface area is 122 Å². The largest absolute Gasteiger partial charge is 0.495 e. The van der Waals surface area contributed by atoms with E-state index in [1.807, 2.05) is 0 Å². The topological polar surface area (TPSA) is 83.9 Å². The van der Waals surface area contributed by atoms with E-state index in [0.717, 1.165) is 10.4 Å². The summed E-state index contributed by atoms with van der Waals surface area (Å²) in [6.07, 6.45) is 0. The van der Waals surface area contributed by atoms with Crippen molar-refractivity contribution in [2.45, 2.75) is 4.90 Å². The summed E-state index contributed by atoms with van der Waals surface area (Å²) in [7, 11) is 0.381. The number of sulfonamides is 1. The molecule has 21 heavy (non-hydrogen) atoms. The summed E-state index contributed by atoms with van der Waals surface area (Å²) in [5.41, 5.74) is -0.184. The van der Waals surface area contributed by atoms with E-state index in [2.05, 4.69) is 0 Å². The molecular formula is C14H15NO5S. The van der Waals surface area contributed by atoms with Gasteiger partial charge in [0.25, 0.3) is 0 Å². The fourth-order valence-corrected chi connectivity index (χ4v) is 3.22. The van der Waals surface area contributed by atoms with Crippen LogP contribution in [0.5, 0.6) is 5.75 Å². The van der Waals surface area contributed by atoms with Crippen LogP contribution in [0.15, 0.2) is 35.2 Å². The molecule has 2 rings (SSSR count). The van der Waals surface area contributed by atoms with Gasteiger partial charge in [0, 0.05) is 24.9 Å². The van der Waals surface area contributed by atoms with Crippen molar-refractivity contribution >= 4 is 26.8 Å². The van der Waals surface area contributed by atoms with E-state index in [1.54, 1.807) is 24.3 Å². The Balaban J connectivity index is 3.00. The molecule has 0 amide bonds. The van der Waals surface area contributed by atoms with Crippen molar-refractivity contribution in [2.24, 2.45) is 0 Å². The monoisotopic (exact) mass is 309 g/mol. The predicted octanol–water partition coefficient (Wildman–Crippen LogP) is 1.80. The molecule has 0 aliphatic carbocycles. The molecule has 0 saturated carbocycles. The maximum absolute atomic E-state index is 12.4. The second-order valence-electron chi connectivity index (χ2n) is 4.59. The number of carbonyl (C=O) groups is 1. The summed E-state index contributed by atoms with van der Waals surface area (Å²) in [6.45, 7) is 0. The number of nitrogens with zero attached hydrogens (tertiary/aromatic N) is 1. The van der Waals surface area contributed by atoms with Crippen molar-refractivity contribution in [3.8, 4) is 5.75 Å². The zero-order chi connectivity index (χ0) is 15.8. The molecule has 0 aromatic heterocycles. The maximum Gasteiger partial charge on any atom is 0.339 e. The van der Waals surface area contributed by atoms with Gasteiger partial charge in [0.15, 0.2) is 0 Å². The molecule has 6 nitrogen and oxygen atoms in total. The summed E-state index contributed by atoms with van der Waals surface area (Å²) >= 11 is 0. The molecule has 1 N–H and O–H groups in total. The molecule has 0 atom stereocenters. The minimum Gasteiger partial charge on any atom is -0.495 e. The Morgan fingerprint density at radius 2 is 1.76 bits per heavy atom. The summed E-state index contributed by atoms with van der Waals surface area (Å²) in [6, 6.07) is 7.79. The molecule has 0 radical (unpaired) electrons. The van der Waals surface area contributed by atoms with Gasteiger partial charge in [-0.1, -0.05) is 24.3 Å². The molecule has 0 bridgehead atoms. The number of hydrogen-bond acceptors (Lipinski definition) is 4. The van der Waals surface area contributed by atoms with Crippen LogP contribution in [0.3, 0.4) is 0 Å². The van der Waals surface area contributed by atoms with Gasteiger partial charge in [-0.15, -0.1) is 0 Å². The van der Waals surface area contributed by atoms with Gasteiger partial charge in [0.05, 0.1) is 12.0 Å². The number of benzene rings is 2. The number of methoxy groups -OCH3 is 1. The van der Waals surface area contributed by atoms with Crippen molar-refractivity contribution in [3.05, 3.63) is 35.9 Å². The number of rotatable bonds is 4. The third kappa shape index (κ3) is 2.45. The molecule has 0 aliphatic heterocycles. The summed E-state index contributed by atoms with van der Waals surface area (Å²) in [4.78, 5) is 11.3. The Bertz CT molecular complexity index is 811. The van der Waals surface area contributed by atoms with Crippen LogP contribution in [0.2, 0.25) is 0 Å². The van der Waals surface area contributed by atoms with Gasteiger partial charge in [-0.25, -0.2) is 17.5 Å². The first-order valence-corrected chi connectivity index (χ1v) is 7.50. The fourth-order valence-electron chi connectivity index (χ4n) is 2.10. The molecule has 2 aromatic carbocycles. The Hall–Kier alpha value is -2.12. The van der Waals surface area contributed by atoms with Crippen LogP contribution in [0.4, 0.5) is 0 Å². The molecule has 0 unspecified atom stereocenters.